The second kappa shape index (κ2) is 9.09. The first-order valence-electron chi connectivity index (χ1n) is 9.94. The lowest BCUT2D eigenvalue weighted by atomic mass is 9.97. The van der Waals surface area contributed by atoms with Crippen LogP contribution in [0.4, 0.5) is 18.9 Å². The van der Waals surface area contributed by atoms with Crippen molar-refractivity contribution in [3.63, 3.8) is 0 Å². The predicted molar refractivity (Wildman–Crippen MR) is 122 cm³/mol. The number of halogens is 4. The fourth-order valence-electron chi connectivity index (χ4n) is 3.86. The van der Waals surface area contributed by atoms with Crippen molar-refractivity contribution in [3.05, 3.63) is 98.6 Å². The molecule has 0 bridgehead atoms. The Balaban J connectivity index is 1.93. The Morgan fingerprint density at radius 1 is 1.00 bits per heavy atom. The number of nitrogens with zero attached hydrogens (tertiary/aromatic N) is 1. The summed E-state index contributed by atoms with van der Waals surface area (Å²) in [6, 6.07) is 12.8. The first kappa shape index (κ1) is 23.7. The van der Waals surface area contributed by atoms with E-state index in [2.05, 4.69) is 5.32 Å². The molecule has 1 N–H and O–H groups in total. The third-order valence-electron chi connectivity index (χ3n) is 5.40. The van der Waals surface area contributed by atoms with E-state index in [0.717, 1.165) is 29.2 Å². The Hall–Kier alpha value is -3.41. The summed E-state index contributed by atoms with van der Waals surface area (Å²) < 4.78 is 39.9. The van der Waals surface area contributed by atoms with Gasteiger partial charge in [-0.3, -0.25) is 9.59 Å². The SMILES string of the molecule is O=C([O-])C(c1ccccc1)N1C(=O)c2cc(I)ccc2NC(=O)C1c1ccc(C(F)(F)F)cc1. The summed E-state index contributed by atoms with van der Waals surface area (Å²) in [5.41, 5.74) is -0.532. The molecule has 3 aromatic rings. The number of carbonyl (C=O) groups is 3. The monoisotopic (exact) mass is 579 g/mol. The number of hydrogen-bond donors (Lipinski definition) is 1. The molecule has 0 aromatic heterocycles. The van der Waals surface area contributed by atoms with E-state index in [1.54, 1.807) is 24.3 Å². The summed E-state index contributed by atoms with van der Waals surface area (Å²) in [4.78, 5) is 40.2. The van der Waals surface area contributed by atoms with E-state index in [1.165, 1.54) is 24.3 Å². The van der Waals surface area contributed by atoms with Crippen LogP contribution < -0.4 is 10.4 Å². The number of carbonyl (C=O) groups excluding carboxylic acids is 3. The number of benzene rings is 3. The van der Waals surface area contributed by atoms with Crippen molar-refractivity contribution in [3.8, 4) is 0 Å². The fourth-order valence-corrected chi connectivity index (χ4v) is 4.36. The molecule has 1 aliphatic heterocycles. The number of fused-ring (bicyclic) bond motifs is 1. The Morgan fingerprint density at radius 3 is 2.24 bits per heavy atom. The van der Waals surface area contributed by atoms with Gasteiger partial charge in [0.1, 0.15) is 6.04 Å². The molecule has 0 saturated heterocycles. The lowest BCUT2D eigenvalue weighted by molar-refractivity contribution is -0.311. The average Bonchev–Trinajstić information content (AvgIpc) is 2.89. The summed E-state index contributed by atoms with van der Waals surface area (Å²) in [6.45, 7) is 0. The number of rotatable bonds is 4. The highest BCUT2D eigenvalue weighted by atomic mass is 127. The zero-order valence-electron chi connectivity index (χ0n) is 17.2. The van der Waals surface area contributed by atoms with E-state index in [-0.39, 0.29) is 22.4 Å². The molecule has 2 atom stereocenters. The molecule has 174 valence electrons. The van der Waals surface area contributed by atoms with Crippen molar-refractivity contribution < 1.29 is 32.7 Å². The van der Waals surface area contributed by atoms with Crippen LogP contribution in [0.1, 0.15) is 39.1 Å². The molecule has 0 radical (unpaired) electrons. The van der Waals surface area contributed by atoms with E-state index < -0.39 is 41.6 Å². The topological polar surface area (TPSA) is 89.5 Å². The van der Waals surface area contributed by atoms with Gasteiger partial charge >= 0.3 is 6.18 Å². The normalized spacial score (nSPS) is 16.9. The fraction of sp³-hybridized carbons (Fsp3) is 0.125. The lowest BCUT2D eigenvalue weighted by Crippen LogP contribution is -2.48. The van der Waals surface area contributed by atoms with E-state index >= 15 is 0 Å². The van der Waals surface area contributed by atoms with Gasteiger partial charge < -0.3 is 20.1 Å². The maximum Gasteiger partial charge on any atom is 0.416 e. The summed E-state index contributed by atoms with van der Waals surface area (Å²) in [5, 5.41) is 14.9. The largest absolute Gasteiger partial charge is 0.548 e. The minimum atomic E-state index is -4.61. The summed E-state index contributed by atoms with van der Waals surface area (Å²) in [6.07, 6.45) is -4.61. The number of hydrogen-bond acceptors (Lipinski definition) is 4. The van der Waals surface area contributed by atoms with Crippen molar-refractivity contribution in [1.82, 2.24) is 4.90 Å². The van der Waals surface area contributed by atoms with E-state index in [1.807, 2.05) is 22.6 Å². The molecule has 34 heavy (non-hydrogen) atoms. The Kier molecular flexibility index (Phi) is 6.34. The van der Waals surface area contributed by atoms with Gasteiger partial charge in [0, 0.05) is 3.57 Å². The number of aliphatic carboxylic acids is 1. The van der Waals surface area contributed by atoms with Crippen LogP contribution in [0, 0.1) is 3.57 Å². The van der Waals surface area contributed by atoms with Gasteiger partial charge in [0.15, 0.2) is 0 Å². The zero-order valence-corrected chi connectivity index (χ0v) is 19.3. The molecular formula is C24H15F3IN2O4-. The minimum Gasteiger partial charge on any atom is -0.548 e. The third-order valence-corrected chi connectivity index (χ3v) is 6.07. The molecule has 4 rings (SSSR count). The highest BCUT2D eigenvalue weighted by Gasteiger charge is 2.42. The van der Waals surface area contributed by atoms with Gasteiger partial charge in [0.05, 0.1) is 28.8 Å². The molecule has 3 aromatic carbocycles. The average molecular weight is 579 g/mol. The molecule has 2 amide bonds. The van der Waals surface area contributed by atoms with E-state index in [0.29, 0.717) is 3.57 Å². The quantitative estimate of drug-likeness (QED) is 0.475. The highest BCUT2D eigenvalue weighted by molar-refractivity contribution is 14.1. The van der Waals surface area contributed by atoms with Gasteiger partial charge in [-0.15, -0.1) is 0 Å². The van der Waals surface area contributed by atoms with Gasteiger partial charge in [-0.25, -0.2) is 0 Å². The maximum atomic E-state index is 13.7. The molecule has 2 unspecified atom stereocenters. The van der Waals surface area contributed by atoms with Crippen LogP contribution in [-0.2, 0) is 15.8 Å². The van der Waals surface area contributed by atoms with Gasteiger partial charge in [-0.1, -0.05) is 42.5 Å². The van der Waals surface area contributed by atoms with Crippen LogP contribution in [0.5, 0.6) is 0 Å². The Morgan fingerprint density at radius 2 is 1.65 bits per heavy atom. The smallest absolute Gasteiger partial charge is 0.416 e. The molecule has 0 aliphatic carbocycles. The van der Waals surface area contributed by atoms with Crippen LogP contribution in [0.15, 0.2) is 72.8 Å². The van der Waals surface area contributed by atoms with Crippen molar-refractivity contribution in [2.24, 2.45) is 0 Å². The maximum absolute atomic E-state index is 13.7. The molecular weight excluding hydrogens is 564 g/mol. The molecule has 0 fully saturated rings. The van der Waals surface area contributed by atoms with Crippen LogP contribution in [0.2, 0.25) is 0 Å². The molecule has 0 saturated carbocycles. The zero-order chi connectivity index (χ0) is 24.6. The Labute approximate surface area is 205 Å². The summed E-state index contributed by atoms with van der Waals surface area (Å²) in [7, 11) is 0. The number of nitrogens with one attached hydrogen (secondary N) is 1. The first-order valence-corrected chi connectivity index (χ1v) is 11.0. The molecule has 1 heterocycles. The van der Waals surface area contributed by atoms with Crippen molar-refractivity contribution in [2.75, 3.05) is 5.32 Å². The number of anilines is 1. The van der Waals surface area contributed by atoms with Crippen LogP contribution >= 0.6 is 22.6 Å². The second-order valence-corrected chi connectivity index (χ2v) is 8.79. The van der Waals surface area contributed by atoms with Crippen molar-refractivity contribution in [1.29, 1.82) is 0 Å². The standard InChI is InChI=1S/C24H16F3IN2O4/c25-24(26,27)15-8-6-14(7-9-15)19-21(31)29-18-11-10-16(28)12-17(18)22(32)30(19)20(23(33)34)13-4-2-1-3-5-13/h1-12,19-20H,(H,29,31)(H,33,34)/p-1. The first-order chi connectivity index (χ1) is 16.1. The number of amides is 2. The van der Waals surface area contributed by atoms with Crippen molar-refractivity contribution in [2.45, 2.75) is 18.3 Å². The van der Waals surface area contributed by atoms with Gasteiger partial charge in [-0.2, -0.15) is 13.2 Å². The van der Waals surface area contributed by atoms with E-state index in [4.69, 9.17) is 0 Å². The summed E-state index contributed by atoms with van der Waals surface area (Å²) >= 11 is 1.97. The molecule has 1 aliphatic rings. The molecule has 6 nitrogen and oxygen atoms in total. The molecule has 0 spiro atoms. The minimum absolute atomic E-state index is 0.0172. The number of alkyl halides is 3. The third kappa shape index (κ3) is 4.49. The van der Waals surface area contributed by atoms with Crippen LogP contribution in [-0.4, -0.2) is 22.7 Å². The highest BCUT2D eigenvalue weighted by Crippen LogP contribution is 2.38. The van der Waals surface area contributed by atoms with Gasteiger partial charge in [-0.05, 0) is 64.0 Å². The van der Waals surface area contributed by atoms with Gasteiger partial charge in [0.25, 0.3) is 11.8 Å². The van der Waals surface area contributed by atoms with Crippen molar-refractivity contribution >= 4 is 46.1 Å². The van der Waals surface area contributed by atoms with Gasteiger partial charge in [0.2, 0.25) is 0 Å². The molecule has 10 heteroatoms. The summed E-state index contributed by atoms with van der Waals surface area (Å²) in [5.74, 6) is -3.19. The second-order valence-electron chi connectivity index (χ2n) is 7.55. The van der Waals surface area contributed by atoms with Crippen LogP contribution in [0.3, 0.4) is 0 Å². The van der Waals surface area contributed by atoms with E-state index in [9.17, 15) is 32.7 Å². The number of carboxylic acids is 1. The number of carboxylic acid groups (broad SMARTS) is 1. The van der Waals surface area contributed by atoms with Crippen LogP contribution in [0.25, 0.3) is 0 Å². The lowest BCUT2D eigenvalue weighted by Gasteiger charge is -2.37. The predicted octanol–water partition coefficient (Wildman–Crippen LogP) is 3.94. The Bertz CT molecular complexity index is 1260.